The number of fused-ring (bicyclic) bond motifs is 5. The molecule has 4 aliphatic carbocycles. The van der Waals surface area contributed by atoms with E-state index < -0.39 is 0 Å². The maximum absolute atomic E-state index is 3.66. The predicted molar refractivity (Wildman–Crippen MR) is 131 cm³/mol. The SMILES string of the molecule is C1=CCC(c2ccc3c(c2)C2=C(C=C(Nc4ccccc4)CC2)C2C=CC=CC32)C=C1. The minimum atomic E-state index is 0.432. The van der Waals surface area contributed by atoms with Gasteiger partial charge in [-0.3, -0.25) is 0 Å². The molecule has 1 nitrogen and oxygen atoms in total. The first-order chi connectivity index (χ1) is 15.4. The molecule has 152 valence electrons. The first kappa shape index (κ1) is 18.4. The van der Waals surface area contributed by atoms with Gasteiger partial charge in [0.05, 0.1) is 0 Å². The van der Waals surface area contributed by atoms with Crippen LogP contribution in [0, 0.1) is 5.92 Å². The molecule has 0 aromatic heterocycles. The second kappa shape index (κ2) is 7.74. The lowest BCUT2D eigenvalue weighted by Gasteiger charge is -2.37. The van der Waals surface area contributed by atoms with Crippen LogP contribution in [0.2, 0.25) is 0 Å². The summed E-state index contributed by atoms with van der Waals surface area (Å²) in [6.07, 6.45) is 23.9. The van der Waals surface area contributed by atoms with Gasteiger partial charge in [-0.2, -0.15) is 0 Å². The lowest BCUT2D eigenvalue weighted by Crippen LogP contribution is -2.23. The summed E-state index contributed by atoms with van der Waals surface area (Å²) in [6.45, 7) is 0. The highest BCUT2D eigenvalue weighted by molar-refractivity contribution is 5.80. The van der Waals surface area contributed by atoms with E-state index >= 15 is 0 Å². The third-order valence-electron chi connectivity index (χ3n) is 7.07. The zero-order valence-electron chi connectivity index (χ0n) is 17.7. The number of hydrogen-bond acceptors (Lipinski definition) is 1. The van der Waals surface area contributed by atoms with E-state index in [4.69, 9.17) is 0 Å². The van der Waals surface area contributed by atoms with Gasteiger partial charge in [0, 0.05) is 29.1 Å². The van der Waals surface area contributed by atoms with Gasteiger partial charge in [-0.1, -0.05) is 85.0 Å². The fourth-order valence-corrected chi connectivity index (χ4v) is 5.53. The van der Waals surface area contributed by atoms with Crippen molar-refractivity contribution in [3.8, 4) is 0 Å². The van der Waals surface area contributed by atoms with Gasteiger partial charge in [0.2, 0.25) is 0 Å². The third-order valence-corrected chi connectivity index (χ3v) is 7.07. The average Bonchev–Trinajstić information content (AvgIpc) is 2.85. The Bertz CT molecular complexity index is 1190. The van der Waals surface area contributed by atoms with E-state index in [0.29, 0.717) is 17.8 Å². The van der Waals surface area contributed by atoms with Crippen LogP contribution in [0.5, 0.6) is 0 Å². The van der Waals surface area contributed by atoms with Gasteiger partial charge in [0.1, 0.15) is 0 Å². The fourth-order valence-electron chi connectivity index (χ4n) is 5.53. The van der Waals surface area contributed by atoms with E-state index in [1.807, 2.05) is 0 Å². The quantitative estimate of drug-likeness (QED) is 0.556. The number of hydrogen-bond donors (Lipinski definition) is 1. The second-order valence-electron chi connectivity index (χ2n) is 8.92. The summed E-state index contributed by atoms with van der Waals surface area (Å²) >= 11 is 0. The van der Waals surface area contributed by atoms with Crippen molar-refractivity contribution in [2.75, 3.05) is 5.32 Å². The summed E-state index contributed by atoms with van der Waals surface area (Å²) in [7, 11) is 0. The summed E-state index contributed by atoms with van der Waals surface area (Å²) in [5.74, 6) is 1.36. The van der Waals surface area contributed by atoms with Crippen LogP contribution in [-0.2, 0) is 0 Å². The number of benzene rings is 2. The lowest BCUT2D eigenvalue weighted by atomic mass is 9.67. The van der Waals surface area contributed by atoms with Gasteiger partial charge in [-0.05, 0) is 65.3 Å². The number of nitrogens with one attached hydrogen (secondary N) is 1. The second-order valence-corrected chi connectivity index (χ2v) is 8.92. The summed E-state index contributed by atoms with van der Waals surface area (Å²) in [6, 6.07) is 17.8. The molecule has 0 aliphatic heterocycles. The molecule has 0 amide bonds. The highest BCUT2D eigenvalue weighted by atomic mass is 14.9. The first-order valence-corrected chi connectivity index (χ1v) is 11.4. The molecule has 4 aliphatic rings. The highest BCUT2D eigenvalue weighted by Gasteiger charge is 2.34. The molecule has 6 rings (SSSR count). The van der Waals surface area contributed by atoms with Crippen molar-refractivity contribution in [1.29, 1.82) is 0 Å². The van der Waals surface area contributed by atoms with Crippen molar-refractivity contribution in [3.63, 3.8) is 0 Å². The van der Waals surface area contributed by atoms with Crippen LogP contribution in [0.15, 0.2) is 114 Å². The number of para-hydroxylation sites is 1. The molecule has 2 aromatic rings. The Morgan fingerprint density at radius 2 is 1.61 bits per heavy atom. The molecule has 2 aromatic carbocycles. The van der Waals surface area contributed by atoms with Gasteiger partial charge in [0.25, 0.3) is 0 Å². The van der Waals surface area contributed by atoms with E-state index in [1.165, 1.54) is 33.6 Å². The van der Waals surface area contributed by atoms with Gasteiger partial charge < -0.3 is 5.32 Å². The van der Waals surface area contributed by atoms with Gasteiger partial charge in [-0.25, -0.2) is 0 Å². The van der Waals surface area contributed by atoms with Crippen LogP contribution in [0.4, 0.5) is 5.69 Å². The van der Waals surface area contributed by atoms with Crippen molar-refractivity contribution in [2.24, 2.45) is 5.92 Å². The van der Waals surface area contributed by atoms with E-state index in [9.17, 15) is 0 Å². The minimum absolute atomic E-state index is 0.432. The number of anilines is 1. The van der Waals surface area contributed by atoms with E-state index in [1.54, 1.807) is 5.57 Å². The Labute approximate surface area is 184 Å². The normalized spacial score (nSPS) is 25.5. The van der Waals surface area contributed by atoms with Crippen LogP contribution in [0.1, 0.15) is 47.8 Å². The summed E-state index contributed by atoms with van der Waals surface area (Å²) in [5, 5.41) is 3.66. The highest BCUT2D eigenvalue weighted by Crippen LogP contribution is 2.50. The molecule has 0 saturated carbocycles. The smallest absolute Gasteiger partial charge is 0.0381 e. The monoisotopic (exact) mass is 401 g/mol. The van der Waals surface area contributed by atoms with Crippen molar-refractivity contribution >= 4 is 11.3 Å². The van der Waals surface area contributed by atoms with Crippen LogP contribution < -0.4 is 5.32 Å². The number of allylic oxidation sites excluding steroid dienone is 12. The third kappa shape index (κ3) is 3.35. The molecule has 1 heteroatoms. The van der Waals surface area contributed by atoms with Crippen LogP contribution in [-0.4, -0.2) is 0 Å². The predicted octanol–water partition coefficient (Wildman–Crippen LogP) is 7.67. The first-order valence-electron chi connectivity index (χ1n) is 11.4. The Balaban J connectivity index is 1.43. The lowest BCUT2D eigenvalue weighted by molar-refractivity contribution is 0.652. The Morgan fingerprint density at radius 3 is 2.45 bits per heavy atom. The topological polar surface area (TPSA) is 12.0 Å². The Kier molecular flexibility index (Phi) is 4.61. The molecule has 0 bridgehead atoms. The maximum Gasteiger partial charge on any atom is 0.0381 e. The summed E-state index contributed by atoms with van der Waals surface area (Å²) < 4.78 is 0. The molecule has 0 fully saturated rings. The number of rotatable bonds is 3. The van der Waals surface area contributed by atoms with Crippen molar-refractivity contribution in [3.05, 3.63) is 131 Å². The van der Waals surface area contributed by atoms with Crippen LogP contribution >= 0.6 is 0 Å². The largest absolute Gasteiger partial charge is 0.359 e. The molecule has 0 heterocycles. The molecule has 0 saturated heterocycles. The molecule has 3 unspecified atom stereocenters. The van der Waals surface area contributed by atoms with E-state index in [2.05, 4.69) is 109 Å². The van der Waals surface area contributed by atoms with E-state index in [0.717, 1.165) is 19.3 Å². The fraction of sp³-hybridized carbons (Fsp3) is 0.200. The van der Waals surface area contributed by atoms with Gasteiger partial charge in [-0.15, -0.1) is 0 Å². The molecule has 31 heavy (non-hydrogen) atoms. The Hall–Kier alpha value is -3.32. The standard InChI is InChI=1S/C30H27N/c1-3-9-21(10-4-1)22-15-17-27-25-13-7-8-14-26(25)30-20-24(16-18-28(30)29(27)19-22)31-23-11-5-2-6-12-23/h1-9,11-15,17,19-21,25-26,31H,10,16,18H2. The summed E-state index contributed by atoms with van der Waals surface area (Å²) in [4.78, 5) is 0. The van der Waals surface area contributed by atoms with Gasteiger partial charge >= 0.3 is 0 Å². The van der Waals surface area contributed by atoms with Crippen LogP contribution in [0.25, 0.3) is 5.57 Å². The van der Waals surface area contributed by atoms with Crippen LogP contribution in [0.3, 0.4) is 0 Å². The molecule has 1 N–H and O–H groups in total. The zero-order valence-corrected chi connectivity index (χ0v) is 17.7. The van der Waals surface area contributed by atoms with E-state index in [-0.39, 0.29) is 0 Å². The van der Waals surface area contributed by atoms with Gasteiger partial charge in [0.15, 0.2) is 0 Å². The molecule has 3 atom stereocenters. The molecule has 0 radical (unpaired) electrons. The minimum Gasteiger partial charge on any atom is -0.359 e. The summed E-state index contributed by atoms with van der Waals surface area (Å²) in [5.41, 5.74) is 9.96. The zero-order chi connectivity index (χ0) is 20.6. The van der Waals surface area contributed by atoms with Crippen molar-refractivity contribution in [1.82, 2.24) is 0 Å². The van der Waals surface area contributed by atoms with Crippen molar-refractivity contribution < 1.29 is 0 Å². The average molecular weight is 402 g/mol. The molecular weight excluding hydrogens is 374 g/mol. The maximum atomic E-state index is 3.66. The van der Waals surface area contributed by atoms with Crippen molar-refractivity contribution in [2.45, 2.75) is 31.1 Å². The molecule has 0 spiro atoms. The Morgan fingerprint density at radius 1 is 0.774 bits per heavy atom. The molecular formula is C30H27N.